The zero-order valence-electron chi connectivity index (χ0n) is 6.64. The van der Waals surface area contributed by atoms with Crippen molar-refractivity contribution in [3.63, 3.8) is 0 Å². The van der Waals surface area contributed by atoms with Crippen LogP contribution in [0.2, 0.25) is 0 Å². The van der Waals surface area contributed by atoms with E-state index >= 15 is 0 Å². The molecule has 0 fully saturated rings. The maximum atomic E-state index is 9.48. The highest BCUT2D eigenvalue weighted by molar-refractivity contribution is 6.04. The Hall–Kier alpha value is -1.22. The normalized spacial score (nSPS) is 22.4. The number of hydrogen-bond acceptors (Lipinski definition) is 3. The maximum absolute atomic E-state index is 9.48. The van der Waals surface area contributed by atoms with Gasteiger partial charge in [-0.05, 0) is 18.6 Å². The standard InChI is InChI=1S/C9H10N2O/c12-8-3-5-11-9(8)7-2-1-4-10-6-7/h1-2,4,6,8,12H,3,5H2. The summed E-state index contributed by atoms with van der Waals surface area (Å²) < 4.78 is 0. The van der Waals surface area contributed by atoms with Crippen LogP contribution in [0, 0.1) is 0 Å². The predicted molar refractivity (Wildman–Crippen MR) is 46.3 cm³/mol. The minimum absolute atomic E-state index is 0.394. The lowest BCUT2D eigenvalue weighted by Crippen LogP contribution is -2.16. The van der Waals surface area contributed by atoms with Crippen LogP contribution in [-0.4, -0.2) is 28.5 Å². The van der Waals surface area contributed by atoms with Gasteiger partial charge in [0, 0.05) is 24.5 Å². The first-order chi connectivity index (χ1) is 5.88. The lowest BCUT2D eigenvalue weighted by atomic mass is 10.1. The van der Waals surface area contributed by atoms with E-state index in [1.54, 1.807) is 12.4 Å². The van der Waals surface area contributed by atoms with Gasteiger partial charge in [0.2, 0.25) is 0 Å². The summed E-state index contributed by atoms with van der Waals surface area (Å²) in [5.74, 6) is 0. The van der Waals surface area contributed by atoms with Crippen LogP contribution in [0.3, 0.4) is 0 Å². The molecule has 1 unspecified atom stereocenters. The van der Waals surface area contributed by atoms with Gasteiger partial charge < -0.3 is 5.11 Å². The average Bonchev–Trinajstić information content (AvgIpc) is 2.53. The van der Waals surface area contributed by atoms with Crippen LogP contribution in [0.15, 0.2) is 29.5 Å². The van der Waals surface area contributed by atoms with E-state index in [4.69, 9.17) is 0 Å². The van der Waals surface area contributed by atoms with Crippen LogP contribution in [0.5, 0.6) is 0 Å². The minimum Gasteiger partial charge on any atom is -0.387 e. The Morgan fingerprint density at radius 2 is 2.42 bits per heavy atom. The first-order valence-corrected chi connectivity index (χ1v) is 4.01. The van der Waals surface area contributed by atoms with Crippen LogP contribution in [-0.2, 0) is 0 Å². The highest BCUT2D eigenvalue weighted by Gasteiger charge is 2.19. The van der Waals surface area contributed by atoms with Gasteiger partial charge in [-0.1, -0.05) is 0 Å². The molecule has 0 radical (unpaired) electrons. The van der Waals surface area contributed by atoms with Crippen molar-refractivity contribution in [3.05, 3.63) is 30.1 Å². The van der Waals surface area contributed by atoms with Crippen molar-refractivity contribution in [2.75, 3.05) is 6.54 Å². The molecular formula is C9H10N2O. The largest absolute Gasteiger partial charge is 0.387 e. The van der Waals surface area contributed by atoms with E-state index in [-0.39, 0.29) is 0 Å². The molecule has 3 nitrogen and oxygen atoms in total. The molecule has 0 bridgehead atoms. The SMILES string of the molecule is OC1CCN=C1c1cccnc1. The molecule has 0 spiro atoms. The molecule has 1 atom stereocenters. The smallest absolute Gasteiger partial charge is 0.0979 e. The van der Waals surface area contributed by atoms with Crippen molar-refractivity contribution < 1.29 is 5.11 Å². The summed E-state index contributed by atoms with van der Waals surface area (Å²) in [5, 5.41) is 9.48. The second-order valence-electron chi connectivity index (χ2n) is 2.81. The van der Waals surface area contributed by atoms with Crippen molar-refractivity contribution >= 4 is 5.71 Å². The molecule has 3 heteroatoms. The topological polar surface area (TPSA) is 45.5 Å². The summed E-state index contributed by atoms with van der Waals surface area (Å²) in [6.07, 6.45) is 3.79. The van der Waals surface area contributed by atoms with Gasteiger partial charge in [-0.3, -0.25) is 9.98 Å². The molecule has 1 aliphatic rings. The molecule has 1 aromatic rings. The van der Waals surface area contributed by atoms with E-state index in [1.807, 2.05) is 12.1 Å². The zero-order valence-corrected chi connectivity index (χ0v) is 6.64. The zero-order chi connectivity index (χ0) is 8.39. The van der Waals surface area contributed by atoms with E-state index in [0.717, 1.165) is 24.2 Å². The Bertz CT molecular complexity index is 295. The molecule has 0 saturated heterocycles. The van der Waals surface area contributed by atoms with Gasteiger partial charge >= 0.3 is 0 Å². The molecule has 1 N–H and O–H groups in total. The van der Waals surface area contributed by atoms with Crippen molar-refractivity contribution in [2.24, 2.45) is 4.99 Å². The molecule has 1 aromatic heterocycles. The average molecular weight is 162 g/mol. The Balaban J connectivity index is 2.31. The third-order valence-corrected chi connectivity index (χ3v) is 1.96. The summed E-state index contributed by atoms with van der Waals surface area (Å²) in [7, 11) is 0. The van der Waals surface area contributed by atoms with Crippen molar-refractivity contribution in [1.82, 2.24) is 4.98 Å². The minimum atomic E-state index is -0.394. The van der Waals surface area contributed by atoms with E-state index in [2.05, 4.69) is 9.98 Å². The molecule has 62 valence electrons. The Labute approximate surface area is 70.8 Å². The molecular weight excluding hydrogens is 152 g/mol. The first-order valence-electron chi connectivity index (χ1n) is 4.01. The summed E-state index contributed by atoms with van der Waals surface area (Å²) >= 11 is 0. The maximum Gasteiger partial charge on any atom is 0.0979 e. The Kier molecular flexibility index (Phi) is 1.87. The number of nitrogens with zero attached hydrogens (tertiary/aromatic N) is 2. The molecule has 0 aliphatic carbocycles. The first kappa shape index (κ1) is 7.43. The molecule has 12 heavy (non-hydrogen) atoms. The number of aliphatic imine (C=N–C) groups is 1. The highest BCUT2D eigenvalue weighted by Crippen LogP contribution is 2.12. The van der Waals surface area contributed by atoms with Crippen molar-refractivity contribution in [1.29, 1.82) is 0 Å². The van der Waals surface area contributed by atoms with E-state index in [9.17, 15) is 5.11 Å². The van der Waals surface area contributed by atoms with E-state index in [1.165, 1.54) is 0 Å². The second kappa shape index (κ2) is 3.03. The fourth-order valence-corrected chi connectivity index (χ4v) is 1.35. The van der Waals surface area contributed by atoms with Gasteiger partial charge in [-0.25, -0.2) is 0 Å². The number of aliphatic hydroxyl groups excluding tert-OH is 1. The molecule has 1 aliphatic heterocycles. The Morgan fingerprint density at radius 1 is 1.50 bits per heavy atom. The molecule has 0 saturated carbocycles. The quantitative estimate of drug-likeness (QED) is 0.658. The molecule has 2 heterocycles. The number of aliphatic hydroxyl groups is 1. The summed E-state index contributed by atoms with van der Waals surface area (Å²) in [6.45, 7) is 0.728. The highest BCUT2D eigenvalue weighted by atomic mass is 16.3. The summed E-state index contributed by atoms with van der Waals surface area (Å²) in [4.78, 5) is 8.19. The van der Waals surface area contributed by atoms with Crippen molar-refractivity contribution in [2.45, 2.75) is 12.5 Å². The van der Waals surface area contributed by atoms with Crippen LogP contribution in [0.4, 0.5) is 0 Å². The fraction of sp³-hybridized carbons (Fsp3) is 0.333. The summed E-state index contributed by atoms with van der Waals surface area (Å²) in [6, 6.07) is 3.77. The molecule has 2 rings (SSSR count). The van der Waals surface area contributed by atoms with Gasteiger partial charge in [0.1, 0.15) is 0 Å². The van der Waals surface area contributed by atoms with Crippen molar-refractivity contribution in [3.8, 4) is 0 Å². The number of aromatic nitrogens is 1. The van der Waals surface area contributed by atoms with Gasteiger partial charge in [0.05, 0.1) is 11.8 Å². The third-order valence-electron chi connectivity index (χ3n) is 1.96. The number of hydrogen-bond donors (Lipinski definition) is 1. The summed E-state index contributed by atoms with van der Waals surface area (Å²) in [5.41, 5.74) is 1.71. The van der Waals surface area contributed by atoms with E-state index in [0.29, 0.717) is 0 Å². The fourth-order valence-electron chi connectivity index (χ4n) is 1.35. The molecule has 0 amide bonds. The lowest BCUT2D eigenvalue weighted by molar-refractivity contribution is 0.244. The van der Waals surface area contributed by atoms with Crippen LogP contribution >= 0.6 is 0 Å². The van der Waals surface area contributed by atoms with Gasteiger partial charge in [-0.15, -0.1) is 0 Å². The third kappa shape index (κ3) is 1.23. The van der Waals surface area contributed by atoms with Gasteiger partial charge in [0.25, 0.3) is 0 Å². The van der Waals surface area contributed by atoms with Gasteiger partial charge in [0.15, 0.2) is 0 Å². The van der Waals surface area contributed by atoms with Crippen LogP contribution in [0.1, 0.15) is 12.0 Å². The number of rotatable bonds is 1. The van der Waals surface area contributed by atoms with Crippen LogP contribution in [0.25, 0.3) is 0 Å². The Morgan fingerprint density at radius 3 is 3.00 bits per heavy atom. The lowest BCUT2D eigenvalue weighted by Gasteiger charge is -2.04. The number of pyridine rings is 1. The van der Waals surface area contributed by atoms with Gasteiger partial charge in [-0.2, -0.15) is 0 Å². The van der Waals surface area contributed by atoms with E-state index < -0.39 is 6.10 Å². The second-order valence-corrected chi connectivity index (χ2v) is 2.81. The predicted octanol–water partition coefficient (Wildman–Crippen LogP) is 0.635. The van der Waals surface area contributed by atoms with Crippen LogP contribution < -0.4 is 0 Å². The monoisotopic (exact) mass is 162 g/mol. The molecule has 0 aromatic carbocycles.